The summed E-state index contributed by atoms with van der Waals surface area (Å²) in [5, 5.41) is 3.53. The van der Waals surface area contributed by atoms with Crippen molar-refractivity contribution in [1.29, 1.82) is 0 Å². The molecule has 1 amide bonds. The van der Waals surface area contributed by atoms with Gasteiger partial charge < -0.3 is 19.7 Å². The molecule has 138 valence electrons. The van der Waals surface area contributed by atoms with Gasteiger partial charge in [-0.25, -0.2) is 0 Å². The highest BCUT2D eigenvalue weighted by atomic mass is 35.5. The second-order valence-corrected chi connectivity index (χ2v) is 6.67. The smallest absolute Gasteiger partial charge is 0.222 e. The summed E-state index contributed by atoms with van der Waals surface area (Å²) < 4.78 is 10.9. The first-order valence-corrected chi connectivity index (χ1v) is 9.03. The summed E-state index contributed by atoms with van der Waals surface area (Å²) in [6.45, 7) is 2.15. The van der Waals surface area contributed by atoms with Crippen LogP contribution in [0.3, 0.4) is 0 Å². The number of ether oxygens (including phenoxy) is 2. The van der Waals surface area contributed by atoms with Gasteiger partial charge in [-0.2, -0.15) is 0 Å². The fourth-order valence-electron chi connectivity index (χ4n) is 3.05. The van der Waals surface area contributed by atoms with Crippen LogP contribution in [-0.4, -0.2) is 38.8 Å². The number of fused-ring (bicyclic) bond motifs is 1. The van der Waals surface area contributed by atoms with E-state index in [0.717, 1.165) is 11.4 Å². The molecule has 3 rings (SSSR count). The maximum Gasteiger partial charge on any atom is 0.222 e. The first kappa shape index (κ1) is 18.5. The zero-order valence-electron chi connectivity index (χ0n) is 14.8. The van der Waals surface area contributed by atoms with E-state index < -0.39 is 0 Å². The molecule has 0 saturated carbocycles. The van der Waals surface area contributed by atoms with Crippen LogP contribution in [0, 0.1) is 0 Å². The van der Waals surface area contributed by atoms with Gasteiger partial charge in [0, 0.05) is 25.2 Å². The van der Waals surface area contributed by atoms with E-state index in [1.807, 2.05) is 36.4 Å². The first-order chi connectivity index (χ1) is 12.7. The van der Waals surface area contributed by atoms with E-state index in [9.17, 15) is 4.79 Å². The molecule has 0 radical (unpaired) electrons. The summed E-state index contributed by atoms with van der Waals surface area (Å²) >= 11 is 6.21. The van der Waals surface area contributed by atoms with E-state index in [-0.39, 0.29) is 11.9 Å². The molecule has 1 heterocycles. The topological polar surface area (TPSA) is 50.8 Å². The number of carbonyl (C=O) groups excluding carboxylic acids is 1. The van der Waals surface area contributed by atoms with Crippen molar-refractivity contribution in [3.8, 4) is 5.75 Å². The Bertz CT molecular complexity index is 739. The molecule has 0 spiro atoms. The van der Waals surface area contributed by atoms with Gasteiger partial charge in [-0.1, -0.05) is 41.9 Å². The first-order valence-electron chi connectivity index (χ1n) is 8.66. The number of nitrogens with zero attached hydrogens (tertiary/aromatic N) is 1. The Kier molecular flexibility index (Phi) is 6.36. The van der Waals surface area contributed by atoms with Gasteiger partial charge in [0.25, 0.3) is 0 Å². The van der Waals surface area contributed by atoms with Crippen molar-refractivity contribution in [2.75, 3.05) is 31.8 Å². The fraction of sp³-hybridized carbons (Fsp3) is 0.350. The van der Waals surface area contributed by atoms with Crippen molar-refractivity contribution >= 4 is 23.2 Å². The summed E-state index contributed by atoms with van der Waals surface area (Å²) in [5.41, 5.74) is 2.09. The van der Waals surface area contributed by atoms with Gasteiger partial charge in [0.05, 0.1) is 24.8 Å². The Labute approximate surface area is 158 Å². The molecule has 2 aromatic rings. The predicted octanol–water partition coefficient (Wildman–Crippen LogP) is 3.26. The third-order valence-electron chi connectivity index (χ3n) is 4.35. The number of carbonyl (C=O) groups is 1. The number of methoxy groups -OCH3 is 1. The number of benzene rings is 2. The van der Waals surface area contributed by atoms with Crippen molar-refractivity contribution in [2.45, 2.75) is 19.0 Å². The van der Waals surface area contributed by atoms with Gasteiger partial charge in [-0.3, -0.25) is 4.79 Å². The zero-order chi connectivity index (χ0) is 18.4. The number of hydrogen-bond donors (Lipinski definition) is 1. The van der Waals surface area contributed by atoms with E-state index >= 15 is 0 Å². The van der Waals surface area contributed by atoms with Crippen molar-refractivity contribution in [1.82, 2.24) is 5.32 Å². The molecule has 0 fully saturated rings. The number of anilines is 1. The molecule has 6 heteroatoms. The van der Waals surface area contributed by atoms with Crippen molar-refractivity contribution in [3.05, 3.63) is 59.1 Å². The van der Waals surface area contributed by atoms with Crippen LogP contribution in [0.4, 0.5) is 5.69 Å². The standard InChI is InChI=1S/C20H23ClN2O3/c1-25-10-9-22-20(24)12-17-14-26-19-8-7-16(21)11-18(19)23(17)13-15-5-3-2-4-6-15/h2-8,11,17H,9-10,12-14H2,1H3,(H,22,24). The third-order valence-corrected chi connectivity index (χ3v) is 4.58. The number of nitrogens with one attached hydrogen (secondary N) is 1. The second-order valence-electron chi connectivity index (χ2n) is 6.24. The highest BCUT2D eigenvalue weighted by Crippen LogP contribution is 2.37. The molecule has 1 unspecified atom stereocenters. The molecular weight excluding hydrogens is 352 g/mol. The maximum atomic E-state index is 12.3. The van der Waals surface area contributed by atoms with Crippen LogP contribution in [0.25, 0.3) is 0 Å². The zero-order valence-corrected chi connectivity index (χ0v) is 15.5. The summed E-state index contributed by atoms with van der Waals surface area (Å²) in [7, 11) is 1.61. The Morgan fingerprint density at radius 2 is 2.12 bits per heavy atom. The lowest BCUT2D eigenvalue weighted by molar-refractivity contribution is -0.121. The lowest BCUT2D eigenvalue weighted by atomic mass is 10.1. The lowest BCUT2D eigenvalue weighted by Crippen LogP contribution is -2.45. The van der Waals surface area contributed by atoms with Gasteiger partial charge in [0.2, 0.25) is 5.91 Å². The molecule has 1 N–H and O–H groups in total. The molecule has 26 heavy (non-hydrogen) atoms. The molecule has 0 aliphatic carbocycles. The Morgan fingerprint density at radius 3 is 2.88 bits per heavy atom. The van der Waals surface area contributed by atoms with E-state index in [1.165, 1.54) is 5.56 Å². The van der Waals surface area contributed by atoms with E-state index in [0.29, 0.717) is 37.7 Å². The summed E-state index contributed by atoms with van der Waals surface area (Å²) in [6.07, 6.45) is 0.350. The molecule has 1 atom stereocenters. The number of amides is 1. The molecular formula is C20H23ClN2O3. The van der Waals surface area contributed by atoms with Crippen molar-refractivity contribution in [3.63, 3.8) is 0 Å². The SMILES string of the molecule is COCCNC(=O)CC1COc2ccc(Cl)cc2N1Cc1ccccc1. The van der Waals surface area contributed by atoms with E-state index in [4.69, 9.17) is 21.1 Å². The lowest BCUT2D eigenvalue weighted by Gasteiger charge is -2.38. The number of rotatable bonds is 7. The molecule has 1 aliphatic rings. The van der Waals surface area contributed by atoms with Gasteiger partial charge in [0.1, 0.15) is 12.4 Å². The number of hydrogen-bond acceptors (Lipinski definition) is 4. The van der Waals surface area contributed by atoms with Crippen molar-refractivity contribution < 1.29 is 14.3 Å². The molecule has 0 saturated heterocycles. The van der Waals surface area contributed by atoms with Crippen LogP contribution in [0.15, 0.2) is 48.5 Å². The summed E-state index contributed by atoms with van der Waals surface area (Å²) in [6, 6.07) is 15.7. The Hall–Kier alpha value is -2.24. The van der Waals surface area contributed by atoms with Crippen LogP contribution in [0.2, 0.25) is 5.02 Å². The quantitative estimate of drug-likeness (QED) is 0.756. The maximum absolute atomic E-state index is 12.3. The normalized spacial score (nSPS) is 15.9. The van der Waals surface area contributed by atoms with Gasteiger partial charge in [0.15, 0.2) is 0 Å². The van der Waals surface area contributed by atoms with E-state index in [2.05, 4.69) is 22.3 Å². The summed E-state index contributed by atoms with van der Waals surface area (Å²) in [4.78, 5) is 14.5. The molecule has 1 aliphatic heterocycles. The van der Waals surface area contributed by atoms with Crippen LogP contribution in [0.1, 0.15) is 12.0 Å². The van der Waals surface area contributed by atoms with Crippen LogP contribution in [-0.2, 0) is 16.1 Å². The average Bonchev–Trinajstić information content (AvgIpc) is 2.65. The monoisotopic (exact) mass is 374 g/mol. The number of halogens is 1. The average molecular weight is 375 g/mol. The minimum atomic E-state index is -0.0660. The predicted molar refractivity (Wildman–Crippen MR) is 103 cm³/mol. The fourth-order valence-corrected chi connectivity index (χ4v) is 3.22. The van der Waals surface area contributed by atoms with Crippen LogP contribution < -0.4 is 15.0 Å². The van der Waals surface area contributed by atoms with Crippen LogP contribution >= 0.6 is 11.6 Å². The largest absolute Gasteiger partial charge is 0.489 e. The minimum absolute atomic E-state index is 0.0146. The highest BCUT2D eigenvalue weighted by Gasteiger charge is 2.29. The summed E-state index contributed by atoms with van der Waals surface area (Å²) in [5.74, 6) is 0.778. The van der Waals surface area contributed by atoms with Gasteiger partial charge >= 0.3 is 0 Å². The highest BCUT2D eigenvalue weighted by molar-refractivity contribution is 6.31. The Morgan fingerprint density at radius 1 is 1.31 bits per heavy atom. The molecule has 2 aromatic carbocycles. The molecule has 0 bridgehead atoms. The second kappa shape index (κ2) is 8.92. The molecule has 5 nitrogen and oxygen atoms in total. The van der Waals surface area contributed by atoms with Crippen LogP contribution in [0.5, 0.6) is 5.75 Å². The minimum Gasteiger partial charge on any atom is -0.489 e. The molecule has 0 aromatic heterocycles. The van der Waals surface area contributed by atoms with Gasteiger partial charge in [-0.05, 0) is 23.8 Å². The van der Waals surface area contributed by atoms with Crippen molar-refractivity contribution in [2.24, 2.45) is 0 Å². The Balaban J connectivity index is 1.79. The van der Waals surface area contributed by atoms with Gasteiger partial charge in [-0.15, -0.1) is 0 Å². The third kappa shape index (κ3) is 4.68. The van der Waals surface area contributed by atoms with E-state index in [1.54, 1.807) is 7.11 Å².